The quantitative estimate of drug-likeness (QED) is 0.470. The molecule has 22 heavy (non-hydrogen) atoms. The van der Waals surface area contributed by atoms with Crippen molar-refractivity contribution in [1.29, 1.82) is 0 Å². The van der Waals surface area contributed by atoms with Gasteiger partial charge in [-0.1, -0.05) is 0 Å². The van der Waals surface area contributed by atoms with Crippen LogP contribution in [0.15, 0.2) is 0 Å². The summed E-state index contributed by atoms with van der Waals surface area (Å²) in [6, 6.07) is 0. The molecule has 0 aromatic rings. The lowest BCUT2D eigenvalue weighted by molar-refractivity contribution is -0.345. The lowest BCUT2D eigenvalue weighted by Gasteiger charge is -2.02. The van der Waals surface area contributed by atoms with E-state index in [1.807, 2.05) is 41.5 Å². The van der Waals surface area contributed by atoms with E-state index in [2.05, 4.69) is 0 Å². The molecule has 0 N–H and O–H groups in total. The molecular formula is C14H30O6S2. The third kappa shape index (κ3) is 14.2. The molecule has 0 unspecified atom stereocenters. The van der Waals surface area contributed by atoms with Crippen molar-refractivity contribution in [2.45, 2.75) is 41.5 Å². The molecule has 0 aliphatic carbocycles. The van der Waals surface area contributed by atoms with Crippen molar-refractivity contribution in [3.8, 4) is 0 Å². The zero-order valence-corrected chi connectivity index (χ0v) is 16.1. The van der Waals surface area contributed by atoms with Crippen LogP contribution in [-0.2, 0) is 37.9 Å². The van der Waals surface area contributed by atoms with Gasteiger partial charge in [-0.15, -0.1) is 8.42 Å². The first-order chi connectivity index (χ1) is 10.0. The van der Waals surface area contributed by atoms with Gasteiger partial charge in [-0.2, -0.15) is 0 Å². The monoisotopic (exact) mass is 358 g/mol. The smallest absolute Gasteiger partial charge is 0.109 e. The van der Waals surface area contributed by atoms with Crippen LogP contribution >= 0.6 is 0 Å². The Morgan fingerprint density at radius 3 is 0.727 bits per heavy atom. The van der Waals surface area contributed by atoms with Crippen LogP contribution in [0, 0.1) is 0 Å². The van der Waals surface area contributed by atoms with E-state index >= 15 is 0 Å². The normalized spacial score (nSPS) is 10.6. The Kier molecular flexibility index (Phi) is 16.5. The lowest BCUT2D eigenvalue weighted by Crippen LogP contribution is -2.42. The van der Waals surface area contributed by atoms with E-state index in [1.54, 1.807) is 0 Å². The first kappa shape index (κ1) is 26.2. The zero-order chi connectivity index (χ0) is 18.4. The van der Waals surface area contributed by atoms with E-state index in [0.717, 1.165) is 34.5 Å². The first-order valence-corrected chi connectivity index (χ1v) is 11.5. The van der Waals surface area contributed by atoms with E-state index < -0.39 is 31.8 Å². The summed E-state index contributed by atoms with van der Waals surface area (Å²) in [5.41, 5.74) is 0. The van der Waals surface area contributed by atoms with Crippen LogP contribution in [0.4, 0.5) is 0 Å². The molecule has 0 aromatic carbocycles. The van der Waals surface area contributed by atoms with Gasteiger partial charge >= 0.3 is 0 Å². The van der Waals surface area contributed by atoms with E-state index in [-0.39, 0.29) is 0 Å². The van der Waals surface area contributed by atoms with Crippen LogP contribution < -0.4 is 10.2 Å². The molecule has 6 nitrogen and oxygen atoms in total. The Labute approximate surface area is 136 Å². The maximum atomic E-state index is 11.3. The number of hydrogen-bond donors (Lipinski definition) is 0. The molecule has 0 saturated carbocycles. The van der Waals surface area contributed by atoms with E-state index in [9.17, 15) is 8.42 Å². The summed E-state index contributed by atoms with van der Waals surface area (Å²) in [7, 11) is -2.81. The van der Waals surface area contributed by atoms with Crippen molar-refractivity contribution >= 4 is 31.8 Å². The average Bonchev–Trinajstić information content (AvgIpc) is 2.54. The molecule has 0 radical (unpaired) electrons. The maximum absolute atomic E-state index is 11.3. The summed E-state index contributed by atoms with van der Waals surface area (Å²) in [5.74, 6) is 0.713. The Morgan fingerprint density at radius 2 is 0.727 bits per heavy atom. The number of carbonyl (C=O) groups excluding carboxylic acids is 2. The number of hydrogen-bond acceptors (Lipinski definition) is 6. The second-order valence-electron chi connectivity index (χ2n) is 4.24. The van der Waals surface area contributed by atoms with Gasteiger partial charge in [0.2, 0.25) is 0 Å². The van der Waals surface area contributed by atoms with E-state index in [0.29, 0.717) is 0 Å². The first-order valence-electron chi connectivity index (χ1n) is 7.37. The molecule has 0 fully saturated rings. The highest BCUT2D eigenvalue weighted by molar-refractivity contribution is 8.03. The standard InChI is InChI=1S/2C6H15OS.C2H2O4/c2*1-4-8(7,5-2)6-3;3-1(4)2(5)6/h2*4-6H2,1-3H3;(H,3,4)(H,5,6)/q2*+1;/p-2. The van der Waals surface area contributed by atoms with Crippen LogP contribution in [0.5, 0.6) is 0 Å². The molecule has 0 aliphatic heterocycles. The average molecular weight is 359 g/mol. The SMILES string of the molecule is CC[S+](=O)(CC)CC.CC[S+](=O)(CC)CC.O=C([O-])C(=O)[O-]. The van der Waals surface area contributed by atoms with Crippen molar-refractivity contribution in [2.75, 3.05) is 34.5 Å². The van der Waals surface area contributed by atoms with Crippen LogP contribution in [0.3, 0.4) is 0 Å². The summed E-state index contributed by atoms with van der Waals surface area (Å²) < 4.78 is 22.6. The summed E-state index contributed by atoms with van der Waals surface area (Å²) >= 11 is 0. The minimum Gasteiger partial charge on any atom is -0.543 e. The molecule has 0 aromatic heterocycles. The predicted octanol–water partition coefficient (Wildman–Crippen LogP) is -0.423. The zero-order valence-electron chi connectivity index (χ0n) is 14.5. The maximum Gasteiger partial charge on any atom is 0.109 e. The summed E-state index contributed by atoms with van der Waals surface area (Å²) in [6.07, 6.45) is 0. The number of carboxylic acid groups (broad SMARTS) is 2. The van der Waals surface area contributed by atoms with Crippen LogP contribution in [0.1, 0.15) is 41.5 Å². The van der Waals surface area contributed by atoms with Gasteiger partial charge < -0.3 is 19.8 Å². The number of aliphatic carboxylic acids is 2. The van der Waals surface area contributed by atoms with Crippen molar-refractivity contribution in [3.05, 3.63) is 0 Å². The second-order valence-corrected chi connectivity index (χ2v) is 11.6. The molecular weight excluding hydrogens is 328 g/mol. The third-order valence-electron chi connectivity index (χ3n) is 3.32. The predicted molar refractivity (Wildman–Crippen MR) is 89.4 cm³/mol. The third-order valence-corrected chi connectivity index (χ3v) is 9.64. The number of rotatable bonds is 6. The molecule has 0 bridgehead atoms. The van der Waals surface area contributed by atoms with Crippen LogP contribution in [0.2, 0.25) is 0 Å². The fourth-order valence-electron chi connectivity index (χ4n) is 1.22. The van der Waals surface area contributed by atoms with E-state index in [1.165, 1.54) is 0 Å². The molecule has 0 aliphatic rings. The van der Waals surface area contributed by atoms with Gasteiger partial charge in [0.1, 0.15) is 34.5 Å². The van der Waals surface area contributed by atoms with E-state index in [4.69, 9.17) is 19.8 Å². The Hall–Kier alpha value is -0.760. The lowest BCUT2D eigenvalue weighted by atomic mass is 10.7. The van der Waals surface area contributed by atoms with Gasteiger partial charge in [-0.05, 0) is 41.5 Å². The summed E-state index contributed by atoms with van der Waals surface area (Å²) in [4.78, 5) is 17.9. The molecule has 0 rings (SSSR count). The molecule has 0 heterocycles. The Bertz CT molecular complexity index is 330. The van der Waals surface area contributed by atoms with Crippen molar-refractivity contribution in [2.24, 2.45) is 0 Å². The molecule has 0 amide bonds. The minimum absolute atomic E-state index is 0.847. The molecule has 8 heteroatoms. The molecule has 0 spiro atoms. The fourth-order valence-corrected chi connectivity index (χ4v) is 3.67. The Morgan fingerprint density at radius 1 is 0.591 bits per heavy atom. The fraction of sp³-hybridized carbons (Fsp3) is 0.857. The second kappa shape index (κ2) is 13.9. The van der Waals surface area contributed by atoms with Gasteiger partial charge in [0.25, 0.3) is 0 Å². The molecule has 0 saturated heterocycles. The van der Waals surface area contributed by atoms with Crippen LogP contribution in [0.25, 0.3) is 0 Å². The van der Waals surface area contributed by atoms with Crippen molar-refractivity contribution in [1.82, 2.24) is 0 Å². The topological polar surface area (TPSA) is 114 Å². The Balaban J connectivity index is -0.000000249. The summed E-state index contributed by atoms with van der Waals surface area (Å²) in [6.45, 7) is 12.0. The highest BCUT2D eigenvalue weighted by Gasteiger charge is 2.18. The van der Waals surface area contributed by atoms with Gasteiger partial charge in [0, 0.05) is 0 Å². The highest BCUT2D eigenvalue weighted by atomic mass is 32.2. The van der Waals surface area contributed by atoms with Gasteiger partial charge in [-0.25, -0.2) is 0 Å². The highest BCUT2D eigenvalue weighted by Crippen LogP contribution is 2.02. The molecule has 134 valence electrons. The van der Waals surface area contributed by atoms with Gasteiger partial charge in [0.15, 0.2) is 0 Å². The van der Waals surface area contributed by atoms with Crippen LogP contribution in [-0.4, -0.2) is 46.5 Å². The van der Waals surface area contributed by atoms with Gasteiger partial charge in [-0.3, -0.25) is 0 Å². The van der Waals surface area contributed by atoms with Crippen molar-refractivity contribution in [3.63, 3.8) is 0 Å². The molecule has 0 atom stereocenters. The largest absolute Gasteiger partial charge is 0.543 e. The minimum atomic E-state index is -2.19. The van der Waals surface area contributed by atoms with Gasteiger partial charge in [0.05, 0.1) is 31.8 Å². The number of carbonyl (C=O) groups is 2. The van der Waals surface area contributed by atoms with Crippen molar-refractivity contribution < 1.29 is 28.2 Å². The number of carboxylic acids is 2. The summed E-state index contributed by atoms with van der Waals surface area (Å²) in [5, 5.41) is 17.9.